The summed E-state index contributed by atoms with van der Waals surface area (Å²) >= 11 is 1.65. The SMILES string of the molecule is Fc1cnc(N2CC[C@@H]3C[C@H](c4nccs4)O[C@H]3C2)nc1. The van der Waals surface area contributed by atoms with Crippen molar-refractivity contribution in [3.63, 3.8) is 0 Å². The van der Waals surface area contributed by atoms with E-state index in [1.807, 2.05) is 11.6 Å². The fourth-order valence-corrected chi connectivity index (χ4v) is 3.82. The number of thiazole rings is 1. The minimum atomic E-state index is -0.408. The highest BCUT2D eigenvalue weighted by molar-refractivity contribution is 7.09. The maximum Gasteiger partial charge on any atom is 0.225 e. The van der Waals surface area contributed by atoms with Crippen LogP contribution in [0.1, 0.15) is 24.0 Å². The van der Waals surface area contributed by atoms with E-state index in [-0.39, 0.29) is 12.2 Å². The van der Waals surface area contributed by atoms with Crippen LogP contribution < -0.4 is 4.90 Å². The summed E-state index contributed by atoms with van der Waals surface area (Å²) in [7, 11) is 0. The van der Waals surface area contributed by atoms with Gasteiger partial charge in [0.15, 0.2) is 5.82 Å². The average Bonchev–Trinajstić information content (AvgIpc) is 3.16. The van der Waals surface area contributed by atoms with Gasteiger partial charge in [-0.3, -0.25) is 0 Å². The molecule has 4 rings (SSSR count). The van der Waals surface area contributed by atoms with Crippen molar-refractivity contribution < 1.29 is 9.13 Å². The van der Waals surface area contributed by atoms with E-state index in [9.17, 15) is 4.39 Å². The van der Waals surface area contributed by atoms with Crippen LogP contribution in [-0.4, -0.2) is 34.1 Å². The quantitative estimate of drug-likeness (QED) is 0.853. The summed E-state index contributed by atoms with van der Waals surface area (Å²) in [5.41, 5.74) is 0. The van der Waals surface area contributed by atoms with Crippen molar-refractivity contribution in [1.29, 1.82) is 0 Å². The van der Waals surface area contributed by atoms with Crippen molar-refractivity contribution >= 4 is 17.3 Å². The number of ether oxygens (including phenoxy) is 1. The van der Waals surface area contributed by atoms with Crippen LogP contribution >= 0.6 is 11.3 Å². The van der Waals surface area contributed by atoms with Crippen LogP contribution in [-0.2, 0) is 4.74 Å². The van der Waals surface area contributed by atoms with E-state index < -0.39 is 5.82 Å². The second kappa shape index (κ2) is 5.31. The molecular weight excluding hydrogens is 291 g/mol. The van der Waals surface area contributed by atoms with E-state index in [1.165, 1.54) is 12.4 Å². The molecule has 2 saturated heterocycles. The highest BCUT2D eigenvalue weighted by Gasteiger charge is 2.40. The molecular formula is C14H15FN4OS. The monoisotopic (exact) mass is 306 g/mol. The summed E-state index contributed by atoms with van der Waals surface area (Å²) in [6.07, 6.45) is 6.63. The van der Waals surface area contributed by atoms with E-state index in [4.69, 9.17) is 4.74 Å². The molecule has 0 N–H and O–H groups in total. The fraction of sp³-hybridized carbons (Fsp3) is 0.500. The van der Waals surface area contributed by atoms with E-state index in [0.29, 0.717) is 11.9 Å². The van der Waals surface area contributed by atoms with Gasteiger partial charge in [0, 0.05) is 24.7 Å². The number of nitrogens with zero attached hydrogens (tertiary/aromatic N) is 4. The molecule has 3 atom stereocenters. The Morgan fingerprint density at radius 1 is 1.29 bits per heavy atom. The third-order valence-electron chi connectivity index (χ3n) is 4.17. The molecule has 2 aliphatic rings. The molecule has 2 aromatic rings. The zero-order chi connectivity index (χ0) is 14.2. The van der Waals surface area contributed by atoms with Crippen LogP contribution in [0.3, 0.4) is 0 Å². The van der Waals surface area contributed by atoms with Crippen molar-refractivity contribution in [3.8, 4) is 0 Å². The van der Waals surface area contributed by atoms with Crippen LogP contribution in [0.4, 0.5) is 10.3 Å². The summed E-state index contributed by atoms with van der Waals surface area (Å²) < 4.78 is 19.1. The second-order valence-corrected chi connectivity index (χ2v) is 6.39. The summed E-state index contributed by atoms with van der Waals surface area (Å²) in [6.45, 7) is 1.65. The van der Waals surface area contributed by atoms with Crippen LogP contribution in [0.15, 0.2) is 24.0 Å². The van der Waals surface area contributed by atoms with Gasteiger partial charge >= 0.3 is 0 Å². The molecule has 0 aromatic carbocycles. The van der Waals surface area contributed by atoms with Gasteiger partial charge in [-0.2, -0.15) is 0 Å². The van der Waals surface area contributed by atoms with Crippen molar-refractivity contribution in [3.05, 3.63) is 34.8 Å². The Bertz CT molecular complexity index is 606. The average molecular weight is 306 g/mol. The summed E-state index contributed by atoms with van der Waals surface area (Å²) in [5, 5.41) is 3.05. The molecule has 0 amide bonds. The molecule has 0 radical (unpaired) electrons. The maximum absolute atomic E-state index is 12.9. The van der Waals surface area contributed by atoms with E-state index >= 15 is 0 Å². The molecule has 2 aromatic heterocycles. The molecule has 0 aliphatic carbocycles. The standard InChI is InChI=1S/C14H15FN4OS/c15-10-6-17-14(18-7-10)19-3-1-9-5-11(20-12(9)8-19)13-16-2-4-21-13/h2,4,6-7,9,11-12H,1,3,5,8H2/t9-,11-,12+/m1/s1. The minimum absolute atomic E-state index is 0.120. The molecule has 0 bridgehead atoms. The van der Waals surface area contributed by atoms with Crippen molar-refractivity contribution in [2.45, 2.75) is 25.0 Å². The molecule has 7 heteroatoms. The topological polar surface area (TPSA) is 51.1 Å². The third-order valence-corrected chi connectivity index (χ3v) is 5.04. The third kappa shape index (κ3) is 2.51. The number of anilines is 1. The lowest BCUT2D eigenvalue weighted by atomic mass is 9.92. The Labute approximate surface area is 125 Å². The molecule has 4 heterocycles. The summed E-state index contributed by atoms with van der Waals surface area (Å²) in [6, 6.07) is 0. The molecule has 2 aliphatic heterocycles. The molecule has 2 fully saturated rings. The Balaban J connectivity index is 1.47. The first-order chi connectivity index (χ1) is 10.3. The van der Waals surface area contributed by atoms with Gasteiger partial charge in [0.1, 0.15) is 11.1 Å². The van der Waals surface area contributed by atoms with Crippen LogP contribution in [0.2, 0.25) is 0 Å². The second-order valence-electron chi connectivity index (χ2n) is 5.47. The summed E-state index contributed by atoms with van der Waals surface area (Å²) in [4.78, 5) is 14.5. The van der Waals surface area contributed by atoms with Gasteiger partial charge in [0.05, 0.1) is 18.5 Å². The van der Waals surface area contributed by atoms with Crippen LogP contribution in [0.25, 0.3) is 0 Å². The van der Waals surface area contributed by atoms with Gasteiger partial charge in [-0.15, -0.1) is 11.3 Å². The lowest BCUT2D eigenvalue weighted by Gasteiger charge is -2.33. The lowest BCUT2D eigenvalue weighted by molar-refractivity contribution is 0.0315. The number of halogens is 1. The van der Waals surface area contributed by atoms with Gasteiger partial charge in [0.25, 0.3) is 0 Å². The number of hydrogen-bond acceptors (Lipinski definition) is 6. The van der Waals surface area contributed by atoms with Crippen LogP contribution in [0.5, 0.6) is 0 Å². The van der Waals surface area contributed by atoms with Gasteiger partial charge in [-0.25, -0.2) is 19.3 Å². The fourth-order valence-electron chi connectivity index (χ4n) is 3.13. The number of aromatic nitrogens is 3. The first kappa shape index (κ1) is 13.1. The highest BCUT2D eigenvalue weighted by Crippen LogP contribution is 2.41. The first-order valence-electron chi connectivity index (χ1n) is 7.07. The predicted octanol–water partition coefficient (Wildman–Crippen LogP) is 2.43. The molecule has 110 valence electrons. The summed E-state index contributed by atoms with van der Waals surface area (Å²) in [5.74, 6) is 0.737. The molecule has 0 saturated carbocycles. The van der Waals surface area contributed by atoms with E-state index in [2.05, 4.69) is 19.9 Å². The largest absolute Gasteiger partial charge is 0.366 e. The molecule has 0 spiro atoms. The Morgan fingerprint density at radius 2 is 2.14 bits per heavy atom. The zero-order valence-corrected chi connectivity index (χ0v) is 12.2. The number of rotatable bonds is 2. The Morgan fingerprint density at radius 3 is 2.90 bits per heavy atom. The Kier molecular flexibility index (Phi) is 3.31. The van der Waals surface area contributed by atoms with Gasteiger partial charge < -0.3 is 9.64 Å². The maximum atomic E-state index is 12.9. The zero-order valence-electron chi connectivity index (χ0n) is 11.4. The normalized spacial score (nSPS) is 28.6. The van der Waals surface area contributed by atoms with Gasteiger partial charge in [0.2, 0.25) is 5.95 Å². The van der Waals surface area contributed by atoms with Gasteiger partial charge in [-0.05, 0) is 18.8 Å². The first-order valence-corrected chi connectivity index (χ1v) is 7.95. The number of piperidine rings is 1. The lowest BCUT2D eigenvalue weighted by Crippen LogP contribution is -2.43. The van der Waals surface area contributed by atoms with Gasteiger partial charge in [-0.1, -0.05) is 0 Å². The minimum Gasteiger partial charge on any atom is -0.366 e. The highest BCUT2D eigenvalue weighted by atomic mass is 32.1. The predicted molar refractivity (Wildman–Crippen MR) is 76.7 cm³/mol. The Hall–Kier alpha value is -1.60. The van der Waals surface area contributed by atoms with Crippen molar-refractivity contribution in [1.82, 2.24) is 15.0 Å². The van der Waals surface area contributed by atoms with Crippen molar-refractivity contribution in [2.75, 3.05) is 18.0 Å². The molecule has 5 nitrogen and oxygen atoms in total. The molecule has 0 unspecified atom stereocenters. The number of hydrogen-bond donors (Lipinski definition) is 0. The smallest absolute Gasteiger partial charge is 0.225 e. The van der Waals surface area contributed by atoms with E-state index in [1.54, 1.807) is 11.3 Å². The van der Waals surface area contributed by atoms with E-state index in [0.717, 1.165) is 30.9 Å². The van der Waals surface area contributed by atoms with Crippen LogP contribution in [0, 0.1) is 11.7 Å². The number of fused-ring (bicyclic) bond motifs is 1. The van der Waals surface area contributed by atoms with Crippen molar-refractivity contribution in [2.24, 2.45) is 5.92 Å². The molecule has 21 heavy (non-hydrogen) atoms.